The topological polar surface area (TPSA) is 87.6 Å². The van der Waals surface area contributed by atoms with Gasteiger partial charge in [0.1, 0.15) is 10.7 Å². The van der Waals surface area contributed by atoms with Crippen LogP contribution >= 0.6 is 11.3 Å². The molecular formula is C18H21N5O2S. The zero-order chi connectivity index (χ0) is 18.7. The van der Waals surface area contributed by atoms with Crippen molar-refractivity contribution in [3.63, 3.8) is 0 Å². The highest BCUT2D eigenvalue weighted by Gasteiger charge is 2.27. The van der Waals surface area contributed by atoms with Crippen LogP contribution in [0.3, 0.4) is 0 Å². The molecule has 1 aliphatic rings. The fourth-order valence-corrected chi connectivity index (χ4v) is 3.48. The van der Waals surface area contributed by atoms with E-state index in [0.29, 0.717) is 23.0 Å². The normalized spacial score (nSPS) is 14.3. The predicted molar refractivity (Wildman–Crippen MR) is 103 cm³/mol. The summed E-state index contributed by atoms with van der Waals surface area (Å²) in [5.41, 5.74) is 2.99. The number of nitrogens with one attached hydrogen (secondary N) is 1. The van der Waals surface area contributed by atoms with Crippen molar-refractivity contribution in [2.45, 2.75) is 46.5 Å². The van der Waals surface area contributed by atoms with Gasteiger partial charge in [-0.05, 0) is 37.5 Å². The van der Waals surface area contributed by atoms with Crippen LogP contribution < -0.4 is 10.3 Å². The highest BCUT2D eigenvalue weighted by molar-refractivity contribution is 7.15. The van der Waals surface area contributed by atoms with Crippen LogP contribution in [0.2, 0.25) is 0 Å². The van der Waals surface area contributed by atoms with Crippen LogP contribution in [0.5, 0.6) is 0 Å². The van der Waals surface area contributed by atoms with Crippen molar-refractivity contribution in [2.75, 3.05) is 10.3 Å². The van der Waals surface area contributed by atoms with E-state index in [2.05, 4.69) is 27.5 Å². The Labute approximate surface area is 156 Å². The van der Waals surface area contributed by atoms with Gasteiger partial charge in [0.25, 0.3) is 5.91 Å². The van der Waals surface area contributed by atoms with Gasteiger partial charge in [0.05, 0.1) is 5.69 Å². The van der Waals surface area contributed by atoms with Gasteiger partial charge >= 0.3 is 0 Å². The Balaban J connectivity index is 1.81. The fraction of sp³-hybridized carbons (Fsp3) is 0.389. The lowest BCUT2D eigenvalue weighted by Crippen LogP contribution is -2.36. The molecular weight excluding hydrogens is 350 g/mol. The number of rotatable bonds is 5. The Morgan fingerprint density at radius 2 is 2.08 bits per heavy atom. The monoisotopic (exact) mass is 371 g/mol. The molecule has 2 amide bonds. The summed E-state index contributed by atoms with van der Waals surface area (Å²) >= 11 is 1.36. The molecule has 0 radical (unpaired) electrons. The van der Waals surface area contributed by atoms with Gasteiger partial charge in [0.15, 0.2) is 0 Å². The SMILES string of the molecule is CCCc1nnc(NC(=O)C2=NN(c3cc(C)ccc3C)C(=O)CC2)s1. The third-order valence-electron chi connectivity index (χ3n) is 4.04. The van der Waals surface area contributed by atoms with Crippen LogP contribution in [0, 0.1) is 13.8 Å². The highest BCUT2D eigenvalue weighted by atomic mass is 32.1. The van der Waals surface area contributed by atoms with Crippen molar-refractivity contribution in [2.24, 2.45) is 5.10 Å². The minimum absolute atomic E-state index is 0.114. The van der Waals surface area contributed by atoms with E-state index in [1.165, 1.54) is 16.3 Å². The van der Waals surface area contributed by atoms with E-state index in [0.717, 1.165) is 29.0 Å². The molecule has 2 aromatic rings. The number of benzene rings is 1. The second kappa shape index (κ2) is 7.74. The molecule has 0 fully saturated rings. The third-order valence-corrected chi connectivity index (χ3v) is 4.94. The Kier molecular flexibility index (Phi) is 5.41. The predicted octanol–water partition coefficient (Wildman–Crippen LogP) is 3.23. The second-order valence-corrected chi connectivity index (χ2v) is 7.31. The van der Waals surface area contributed by atoms with Gasteiger partial charge in [-0.1, -0.05) is 30.4 Å². The van der Waals surface area contributed by atoms with Gasteiger partial charge in [0, 0.05) is 19.3 Å². The molecule has 0 aliphatic carbocycles. The molecule has 1 N–H and O–H groups in total. The van der Waals surface area contributed by atoms with Gasteiger partial charge in [-0.2, -0.15) is 5.10 Å². The van der Waals surface area contributed by atoms with Crippen LogP contribution in [-0.2, 0) is 16.0 Å². The lowest BCUT2D eigenvalue weighted by Gasteiger charge is -2.24. The summed E-state index contributed by atoms with van der Waals surface area (Å²) in [6, 6.07) is 5.83. The average Bonchev–Trinajstić information content (AvgIpc) is 3.05. The smallest absolute Gasteiger partial charge is 0.273 e. The summed E-state index contributed by atoms with van der Waals surface area (Å²) < 4.78 is 0. The first-order valence-electron chi connectivity index (χ1n) is 8.59. The minimum Gasteiger partial charge on any atom is -0.295 e. The van der Waals surface area contributed by atoms with E-state index >= 15 is 0 Å². The first-order valence-corrected chi connectivity index (χ1v) is 9.41. The minimum atomic E-state index is -0.341. The Morgan fingerprint density at radius 1 is 1.27 bits per heavy atom. The zero-order valence-corrected chi connectivity index (χ0v) is 15.9. The molecule has 0 saturated heterocycles. The van der Waals surface area contributed by atoms with Crippen LogP contribution in [0.4, 0.5) is 10.8 Å². The molecule has 0 spiro atoms. The molecule has 1 aromatic carbocycles. The number of hydrogen-bond donors (Lipinski definition) is 1. The van der Waals surface area contributed by atoms with Gasteiger partial charge in [0.2, 0.25) is 11.0 Å². The molecule has 1 aromatic heterocycles. The van der Waals surface area contributed by atoms with Crippen LogP contribution in [-0.4, -0.2) is 27.7 Å². The summed E-state index contributed by atoms with van der Waals surface area (Å²) in [6.45, 7) is 5.94. The Morgan fingerprint density at radius 3 is 2.85 bits per heavy atom. The number of aryl methyl sites for hydroxylation is 3. The molecule has 0 bridgehead atoms. The number of hydrogen-bond acceptors (Lipinski definition) is 6. The highest BCUT2D eigenvalue weighted by Crippen LogP contribution is 2.26. The maximum atomic E-state index is 12.5. The fourth-order valence-electron chi connectivity index (χ4n) is 2.64. The van der Waals surface area contributed by atoms with Gasteiger partial charge in [-0.3, -0.25) is 14.9 Å². The number of carbonyl (C=O) groups excluding carboxylic acids is 2. The first kappa shape index (κ1) is 18.2. The molecule has 0 atom stereocenters. The summed E-state index contributed by atoms with van der Waals surface area (Å²) in [7, 11) is 0. The van der Waals surface area contributed by atoms with E-state index in [1.54, 1.807) is 0 Å². The maximum Gasteiger partial charge on any atom is 0.273 e. The Bertz CT molecular complexity index is 874. The zero-order valence-electron chi connectivity index (χ0n) is 15.1. The number of carbonyl (C=O) groups is 2. The van der Waals surface area contributed by atoms with E-state index in [1.807, 2.05) is 32.0 Å². The van der Waals surface area contributed by atoms with Crippen LogP contribution in [0.1, 0.15) is 42.3 Å². The number of amides is 2. The quantitative estimate of drug-likeness (QED) is 0.874. The summed E-state index contributed by atoms with van der Waals surface area (Å²) in [5, 5.41) is 17.8. The molecule has 2 heterocycles. The standard InChI is InChI=1S/C18H21N5O2S/c1-4-5-15-20-21-18(26-15)19-17(25)13-8-9-16(24)23(22-13)14-10-11(2)6-7-12(14)3/h6-7,10H,4-5,8-9H2,1-3H3,(H,19,21,25). The van der Waals surface area contributed by atoms with Crippen molar-refractivity contribution in [1.29, 1.82) is 0 Å². The largest absolute Gasteiger partial charge is 0.295 e. The summed E-state index contributed by atoms with van der Waals surface area (Å²) in [4.78, 5) is 24.9. The maximum absolute atomic E-state index is 12.5. The average molecular weight is 371 g/mol. The van der Waals surface area contributed by atoms with Gasteiger partial charge in [-0.15, -0.1) is 10.2 Å². The molecule has 7 nitrogen and oxygen atoms in total. The van der Waals surface area contributed by atoms with E-state index in [4.69, 9.17) is 0 Å². The molecule has 26 heavy (non-hydrogen) atoms. The van der Waals surface area contributed by atoms with E-state index in [9.17, 15) is 9.59 Å². The summed E-state index contributed by atoms with van der Waals surface area (Å²) in [5.74, 6) is -0.455. The van der Waals surface area contributed by atoms with E-state index in [-0.39, 0.29) is 18.2 Å². The molecule has 136 valence electrons. The number of anilines is 2. The summed E-state index contributed by atoms with van der Waals surface area (Å²) in [6.07, 6.45) is 2.37. The molecule has 0 saturated carbocycles. The number of hydrazone groups is 1. The van der Waals surface area contributed by atoms with Gasteiger partial charge < -0.3 is 0 Å². The van der Waals surface area contributed by atoms with Crippen molar-refractivity contribution < 1.29 is 9.59 Å². The van der Waals surface area contributed by atoms with Crippen LogP contribution in [0.15, 0.2) is 23.3 Å². The van der Waals surface area contributed by atoms with Crippen molar-refractivity contribution in [1.82, 2.24) is 10.2 Å². The van der Waals surface area contributed by atoms with Crippen molar-refractivity contribution >= 4 is 39.7 Å². The first-order chi connectivity index (χ1) is 12.5. The molecule has 0 unspecified atom stereocenters. The lowest BCUT2D eigenvalue weighted by molar-refractivity contribution is -0.118. The van der Waals surface area contributed by atoms with Gasteiger partial charge in [-0.25, -0.2) is 5.01 Å². The Hall–Kier alpha value is -2.61. The second-order valence-electron chi connectivity index (χ2n) is 6.25. The number of aromatic nitrogens is 2. The van der Waals surface area contributed by atoms with E-state index < -0.39 is 0 Å². The third kappa shape index (κ3) is 3.96. The lowest BCUT2D eigenvalue weighted by atomic mass is 10.1. The molecule has 1 aliphatic heterocycles. The van der Waals surface area contributed by atoms with Crippen molar-refractivity contribution in [3.05, 3.63) is 34.3 Å². The van der Waals surface area contributed by atoms with Crippen LogP contribution in [0.25, 0.3) is 0 Å². The molecule has 3 rings (SSSR count). The number of nitrogens with zero attached hydrogens (tertiary/aromatic N) is 4. The van der Waals surface area contributed by atoms with Crippen molar-refractivity contribution in [3.8, 4) is 0 Å². The molecule has 8 heteroatoms.